The van der Waals surface area contributed by atoms with Crippen LogP contribution in [0.2, 0.25) is 0 Å². The maximum absolute atomic E-state index is 15.5. The summed E-state index contributed by atoms with van der Waals surface area (Å²) in [5.74, 6) is 0.305. The topological polar surface area (TPSA) is 87.1 Å². The van der Waals surface area contributed by atoms with Crippen molar-refractivity contribution < 1.29 is 13.9 Å². The van der Waals surface area contributed by atoms with Gasteiger partial charge in [0.2, 0.25) is 0 Å². The van der Waals surface area contributed by atoms with Crippen LogP contribution in [0, 0.1) is 5.82 Å². The third-order valence-electron chi connectivity index (χ3n) is 7.50. The van der Waals surface area contributed by atoms with Crippen LogP contribution in [-0.2, 0) is 0 Å². The number of aromatic hydroxyl groups is 1. The zero-order chi connectivity index (χ0) is 24.8. The molecule has 0 amide bonds. The molecule has 188 valence electrons. The molecule has 0 spiro atoms. The van der Waals surface area contributed by atoms with Crippen LogP contribution in [0.1, 0.15) is 38.5 Å². The molecular formula is C26H28F2N6OS. The number of hydrogen-bond donors (Lipinski definition) is 2. The Morgan fingerprint density at radius 1 is 1.06 bits per heavy atom. The molecule has 2 aliphatic heterocycles. The Morgan fingerprint density at radius 2 is 1.92 bits per heavy atom. The molecule has 4 heterocycles. The standard InChI is InChI=1S/C26H28F2N6OS/c1-36-24-11-18(19(27)12-29-24)14-5-8-17(22(35)9-14)26-30-13-23(32-33-26)34(16-6-7-16)21-10-15-3-2-4-20(31-15)25(21)28/h5,8-9,11-13,15-16,20-21,25,31,35H,2-4,6-7,10H2,1H3/t15-,20+,21-,25+/m0/s1. The van der Waals surface area contributed by atoms with Gasteiger partial charge in [-0.3, -0.25) is 0 Å². The van der Waals surface area contributed by atoms with Gasteiger partial charge < -0.3 is 15.3 Å². The number of aromatic nitrogens is 4. The Kier molecular flexibility index (Phi) is 6.25. The van der Waals surface area contributed by atoms with Crippen LogP contribution in [0.4, 0.5) is 14.6 Å². The summed E-state index contributed by atoms with van der Waals surface area (Å²) in [7, 11) is 0. The Balaban J connectivity index is 1.26. The van der Waals surface area contributed by atoms with Gasteiger partial charge >= 0.3 is 0 Å². The molecule has 0 unspecified atom stereocenters. The van der Waals surface area contributed by atoms with E-state index >= 15 is 4.39 Å². The van der Waals surface area contributed by atoms with E-state index in [1.165, 1.54) is 24.0 Å². The Morgan fingerprint density at radius 3 is 2.64 bits per heavy atom. The molecule has 36 heavy (non-hydrogen) atoms. The lowest BCUT2D eigenvalue weighted by Crippen LogP contribution is -2.62. The molecule has 3 aromatic rings. The van der Waals surface area contributed by atoms with E-state index < -0.39 is 12.0 Å². The van der Waals surface area contributed by atoms with Crippen LogP contribution in [0.3, 0.4) is 0 Å². The number of piperidine rings is 2. The van der Waals surface area contributed by atoms with Crippen molar-refractivity contribution in [2.24, 2.45) is 0 Å². The molecule has 2 saturated heterocycles. The Hall–Kier alpha value is -2.85. The molecule has 10 heteroatoms. The average molecular weight is 511 g/mol. The summed E-state index contributed by atoms with van der Waals surface area (Å²) in [6.07, 6.45) is 9.53. The quantitative estimate of drug-likeness (QED) is 0.459. The highest BCUT2D eigenvalue weighted by Gasteiger charge is 2.46. The molecule has 6 rings (SSSR count). The first kappa shape index (κ1) is 23.5. The van der Waals surface area contributed by atoms with Gasteiger partial charge in [0.05, 0.1) is 29.0 Å². The second-order valence-electron chi connectivity index (χ2n) is 9.87. The predicted octanol–water partition coefficient (Wildman–Crippen LogP) is 4.76. The van der Waals surface area contributed by atoms with E-state index in [2.05, 4.69) is 30.4 Å². The summed E-state index contributed by atoms with van der Waals surface area (Å²) < 4.78 is 29.8. The number of alkyl halides is 1. The summed E-state index contributed by atoms with van der Waals surface area (Å²) in [6.45, 7) is 0. The minimum atomic E-state index is -0.958. The van der Waals surface area contributed by atoms with Gasteiger partial charge in [0.15, 0.2) is 11.6 Å². The van der Waals surface area contributed by atoms with E-state index in [4.69, 9.17) is 0 Å². The van der Waals surface area contributed by atoms with Gasteiger partial charge in [-0.2, -0.15) is 0 Å². The maximum Gasteiger partial charge on any atom is 0.185 e. The lowest BCUT2D eigenvalue weighted by atomic mass is 9.82. The van der Waals surface area contributed by atoms with Crippen molar-refractivity contribution in [2.45, 2.75) is 73.9 Å². The number of nitrogens with one attached hydrogen (secondary N) is 1. The molecule has 1 aliphatic carbocycles. The second-order valence-corrected chi connectivity index (χ2v) is 10.7. The zero-order valence-electron chi connectivity index (χ0n) is 19.9. The van der Waals surface area contributed by atoms with Gasteiger partial charge in [-0.15, -0.1) is 22.0 Å². The minimum Gasteiger partial charge on any atom is -0.507 e. The summed E-state index contributed by atoms with van der Waals surface area (Å²) in [5.41, 5.74) is 1.29. The highest BCUT2D eigenvalue weighted by atomic mass is 32.2. The number of fused-ring (bicyclic) bond motifs is 2. The number of benzene rings is 1. The average Bonchev–Trinajstić information content (AvgIpc) is 3.73. The molecule has 4 atom stereocenters. The number of phenolic OH excluding ortho intramolecular Hbond substituents is 1. The smallest absolute Gasteiger partial charge is 0.185 e. The van der Waals surface area contributed by atoms with E-state index in [1.54, 1.807) is 24.4 Å². The summed E-state index contributed by atoms with van der Waals surface area (Å²) in [5, 5.41) is 23.6. The molecule has 2 bridgehead atoms. The molecule has 3 aliphatic rings. The number of anilines is 1. The number of pyridine rings is 1. The number of halogens is 2. The van der Waals surface area contributed by atoms with Crippen molar-refractivity contribution in [1.82, 2.24) is 25.5 Å². The first-order chi connectivity index (χ1) is 17.5. The molecule has 0 radical (unpaired) electrons. The number of thioether (sulfide) groups is 1. The number of phenols is 1. The van der Waals surface area contributed by atoms with Crippen molar-refractivity contribution >= 4 is 17.6 Å². The molecule has 1 saturated carbocycles. The molecular weight excluding hydrogens is 482 g/mol. The monoisotopic (exact) mass is 510 g/mol. The SMILES string of the molecule is CSc1cc(-c2ccc(-c3ncc(N(C4CC4)[C@H]4C[C@@H]5CCC[C@@H](N5)[C@H]4F)nn3)c(O)c2)c(F)cn1. The number of hydrogen-bond acceptors (Lipinski definition) is 8. The van der Waals surface area contributed by atoms with E-state index in [9.17, 15) is 9.50 Å². The molecule has 3 fully saturated rings. The Labute approximate surface area is 212 Å². The van der Waals surface area contributed by atoms with Crippen LogP contribution in [-0.4, -0.2) is 61.9 Å². The molecule has 2 aromatic heterocycles. The van der Waals surface area contributed by atoms with Crippen LogP contribution in [0.5, 0.6) is 5.75 Å². The number of nitrogens with zero attached hydrogens (tertiary/aromatic N) is 5. The fourth-order valence-electron chi connectivity index (χ4n) is 5.58. The van der Waals surface area contributed by atoms with Crippen molar-refractivity contribution in [1.29, 1.82) is 0 Å². The number of rotatable bonds is 6. The van der Waals surface area contributed by atoms with Gasteiger partial charge in [0.1, 0.15) is 17.7 Å². The predicted molar refractivity (Wildman–Crippen MR) is 135 cm³/mol. The fourth-order valence-corrected chi connectivity index (χ4v) is 5.97. The normalized spacial score (nSPS) is 25.5. The summed E-state index contributed by atoms with van der Waals surface area (Å²) >= 11 is 1.42. The van der Waals surface area contributed by atoms with Gasteiger partial charge in [-0.1, -0.05) is 12.5 Å². The highest BCUT2D eigenvalue weighted by Crippen LogP contribution is 2.39. The van der Waals surface area contributed by atoms with Gasteiger partial charge in [-0.25, -0.2) is 18.7 Å². The minimum absolute atomic E-state index is 0.0713. The third kappa shape index (κ3) is 4.41. The van der Waals surface area contributed by atoms with E-state index in [-0.39, 0.29) is 29.7 Å². The van der Waals surface area contributed by atoms with Crippen LogP contribution >= 0.6 is 11.8 Å². The van der Waals surface area contributed by atoms with Gasteiger partial charge in [0.25, 0.3) is 0 Å². The largest absolute Gasteiger partial charge is 0.507 e. The van der Waals surface area contributed by atoms with E-state index in [0.717, 1.165) is 38.5 Å². The van der Waals surface area contributed by atoms with Crippen molar-refractivity contribution in [3.8, 4) is 28.3 Å². The molecule has 7 nitrogen and oxygen atoms in total. The van der Waals surface area contributed by atoms with Crippen LogP contribution in [0.25, 0.3) is 22.5 Å². The van der Waals surface area contributed by atoms with Crippen molar-refractivity contribution in [3.05, 3.63) is 42.5 Å². The van der Waals surface area contributed by atoms with Gasteiger partial charge in [-0.05, 0) is 62.1 Å². The summed E-state index contributed by atoms with van der Waals surface area (Å²) in [6, 6.07) is 6.80. The van der Waals surface area contributed by atoms with E-state index in [1.807, 2.05) is 6.26 Å². The molecule has 1 aromatic carbocycles. The van der Waals surface area contributed by atoms with Gasteiger partial charge in [0, 0.05) is 23.7 Å². The maximum atomic E-state index is 15.5. The third-order valence-corrected chi connectivity index (χ3v) is 8.14. The second kappa shape index (κ2) is 9.55. The first-order valence-corrected chi connectivity index (χ1v) is 13.7. The lowest BCUT2D eigenvalue weighted by Gasteiger charge is -2.47. The fraction of sp³-hybridized carbons (Fsp3) is 0.462. The summed E-state index contributed by atoms with van der Waals surface area (Å²) in [4.78, 5) is 10.6. The van der Waals surface area contributed by atoms with Crippen molar-refractivity contribution in [2.75, 3.05) is 11.2 Å². The Bertz CT molecular complexity index is 1260. The van der Waals surface area contributed by atoms with Crippen LogP contribution < -0.4 is 10.2 Å². The first-order valence-electron chi connectivity index (χ1n) is 12.4. The lowest BCUT2D eigenvalue weighted by molar-refractivity contribution is 0.104. The van der Waals surface area contributed by atoms with E-state index in [0.29, 0.717) is 33.6 Å². The highest BCUT2D eigenvalue weighted by molar-refractivity contribution is 7.98. The zero-order valence-corrected chi connectivity index (χ0v) is 20.8. The van der Waals surface area contributed by atoms with Crippen LogP contribution in [0.15, 0.2) is 41.7 Å². The molecule has 2 N–H and O–H groups in total. The van der Waals surface area contributed by atoms with Crippen molar-refractivity contribution in [3.63, 3.8) is 0 Å².